The van der Waals surface area contributed by atoms with Gasteiger partial charge in [-0.05, 0) is 44.2 Å². The lowest BCUT2D eigenvalue weighted by Crippen LogP contribution is -2.57. The van der Waals surface area contributed by atoms with Crippen molar-refractivity contribution in [1.29, 1.82) is 0 Å². The predicted molar refractivity (Wildman–Crippen MR) is 111 cm³/mol. The van der Waals surface area contributed by atoms with E-state index < -0.39 is 40.2 Å². The molecule has 4 atom stereocenters. The summed E-state index contributed by atoms with van der Waals surface area (Å²) in [5, 5.41) is 25.2. The topological polar surface area (TPSA) is 136 Å². The fourth-order valence-electron chi connectivity index (χ4n) is 3.61. The number of carboxylic acid groups (broad SMARTS) is 1. The van der Waals surface area contributed by atoms with Crippen molar-refractivity contribution in [1.82, 2.24) is 14.9 Å². The summed E-state index contributed by atoms with van der Waals surface area (Å²) in [4.78, 5) is 24.7. The van der Waals surface area contributed by atoms with Crippen LogP contribution in [0.3, 0.4) is 0 Å². The second-order valence-corrected chi connectivity index (χ2v) is 9.92. The molecule has 2 rings (SSSR count). The number of aliphatic hydroxyl groups is 1. The summed E-state index contributed by atoms with van der Waals surface area (Å²) in [6, 6.07) is 5.29. The molecule has 4 N–H and O–H groups in total. The maximum Gasteiger partial charge on any atom is 0.405 e. The van der Waals surface area contributed by atoms with Crippen LogP contribution in [-0.2, 0) is 14.8 Å². The SMILES string of the molecule is CC(C)C[C@H](NC(=O)O)C(=O)N([C@@H]1CC[C@H](C)NC[C@H]1O)S(=O)(=O)c1ccccc1. The van der Waals surface area contributed by atoms with Crippen LogP contribution in [0.2, 0.25) is 0 Å². The Labute approximate surface area is 177 Å². The Hall–Kier alpha value is -2.17. The number of carbonyl (C=O) groups excluding carboxylic acids is 1. The minimum absolute atomic E-state index is 0.0460. The van der Waals surface area contributed by atoms with Crippen LogP contribution >= 0.6 is 0 Å². The number of sulfonamides is 1. The monoisotopic (exact) mass is 441 g/mol. The molecule has 0 aromatic heterocycles. The number of hydrogen-bond acceptors (Lipinski definition) is 6. The first kappa shape index (κ1) is 24.1. The highest BCUT2D eigenvalue weighted by Crippen LogP contribution is 2.26. The molecule has 2 amide bonds. The van der Waals surface area contributed by atoms with Gasteiger partial charge in [-0.15, -0.1) is 0 Å². The first-order valence-corrected chi connectivity index (χ1v) is 11.5. The number of β-amino-alcohol motifs (C(OH)–C–C–N with tert-alkyl or cyclic N) is 1. The number of hydrogen-bond donors (Lipinski definition) is 4. The Morgan fingerprint density at radius 2 is 1.87 bits per heavy atom. The van der Waals surface area contributed by atoms with Gasteiger partial charge in [-0.3, -0.25) is 4.79 Å². The largest absolute Gasteiger partial charge is 0.465 e. The molecule has 0 radical (unpaired) electrons. The highest BCUT2D eigenvalue weighted by atomic mass is 32.2. The quantitative estimate of drug-likeness (QED) is 0.502. The minimum Gasteiger partial charge on any atom is -0.465 e. The van der Waals surface area contributed by atoms with Gasteiger partial charge in [0.05, 0.1) is 17.0 Å². The highest BCUT2D eigenvalue weighted by Gasteiger charge is 2.43. The summed E-state index contributed by atoms with van der Waals surface area (Å²) in [5.41, 5.74) is 0. The molecular weight excluding hydrogens is 410 g/mol. The maximum atomic E-state index is 13.5. The molecule has 1 fully saturated rings. The summed E-state index contributed by atoms with van der Waals surface area (Å²) in [6.07, 6.45) is -1.60. The first-order valence-electron chi connectivity index (χ1n) is 10.1. The van der Waals surface area contributed by atoms with Crippen molar-refractivity contribution in [2.24, 2.45) is 5.92 Å². The van der Waals surface area contributed by atoms with E-state index in [1.165, 1.54) is 12.1 Å². The summed E-state index contributed by atoms with van der Waals surface area (Å²) in [7, 11) is -4.32. The van der Waals surface area contributed by atoms with Crippen molar-refractivity contribution in [3.63, 3.8) is 0 Å². The van der Waals surface area contributed by atoms with Gasteiger partial charge < -0.3 is 20.8 Å². The van der Waals surface area contributed by atoms with Gasteiger partial charge >= 0.3 is 6.09 Å². The van der Waals surface area contributed by atoms with Crippen molar-refractivity contribution >= 4 is 22.0 Å². The summed E-state index contributed by atoms with van der Waals surface area (Å²) < 4.78 is 27.7. The maximum absolute atomic E-state index is 13.5. The molecule has 0 unspecified atom stereocenters. The van der Waals surface area contributed by atoms with E-state index in [4.69, 9.17) is 0 Å². The number of nitrogens with zero attached hydrogens (tertiary/aromatic N) is 1. The van der Waals surface area contributed by atoms with Crippen LogP contribution in [0.15, 0.2) is 35.2 Å². The minimum atomic E-state index is -4.32. The van der Waals surface area contributed by atoms with E-state index in [0.717, 1.165) is 0 Å². The molecule has 1 aromatic rings. The van der Waals surface area contributed by atoms with E-state index in [-0.39, 0.29) is 36.2 Å². The molecule has 1 aliphatic heterocycles. The zero-order valence-electron chi connectivity index (χ0n) is 17.5. The fourth-order valence-corrected chi connectivity index (χ4v) is 5.30. The zero-order valence-corrected chi connectivity index (χ0v) is 18.3. The molecule has 1 heterocycles. The lowest BCUT2D eigenvalue weighted by Gasteiger charge is -2.35. The van der Waals surface area contributed by atoms with E-state index in [9.17, 15) is 28.2 Å². The number of rotatable bonds is 7. The van der Waals surface area contributed by atoms with Crippen LogP contribution in [0.4, 0.5) is 4.79 Å². The summed E-state index contributed by atoms with van der Waals surface area (Å²) >= 11 is 0. The highest BCUT2D eigenvalue weighted by molar-refractivity contribution is 7.89. The Bertz CT molecular complexity index is 830. The Kier molecular flexibility index (Phi) is 8.22. The molecule has 1 aliphatic rings. The van der Waals surface area contributed by atoms with Crippen LogP contribution in [-0.4, -0.2) is 65.7 Å². The third-order valence-electron chi connectivity index (χ3n) is 5.14. The molecule has 9 nitrogen and oxygen atoms in total. The molecule has 1 saturated heterocycles. The summed E-state index contributed by atoms with van der Waals surface area (Å²) in [5.74, 6) is -0.943. The van der Waals surface area contributed by atoms with Crippen molar-refractivity contribution in [2.45, 2.75) is 69.2 Å². The van der Waals surface area contributed by atoms with E-state index in [1.54, 1.807) is 18.2 Å². The number of aliphatic hydroxyl groups excluding tert-OH is 1. The van der Waals surface area contributed by atoms with Crippen LogP contribution < -0.4 is 10.6 Å². The average molecular weight is 442 g/mol. The molecule has 30 heavy (non-hydrogen) atoms. The van der Waals surface area contributed by atoms with Crippen LogP contribution in [0.25, 0.3) is 0 Å². The van der Waals surface area contributed by atoms with Crippen LogP contribution in [0.1, 0.15) is 40.0 Å². The van der Waals surface area contributed by atoms with Gasteiger partial charge in [0.2, 0.25) is 0 Å². The van der Waals surface area contributed by atoms with E-state index in [0.29, 0.717) is 10.7 Å². The molecule has 0 aliphatic carbocycles. The zero-order chi connectivity index (χ0) is 22.5. The number of benzene rings is 1. The molecule has 0 bridgehead atoms. The molecular formula is C20H31N3O6S. The van der Waals surface area contributed by atoms with Crippen molar-refractivity contribution < 1.29 is 28.2 Å². The Morgan fingerprint density at radius 1 is 1.23 bits per heavy atom. The van der Waals surface area contributed by atoms with Gasteiger partial charge in [0, 0.05) is 12.6 Å². The smallest absolute Gasteiger partial charge is 0.405 e. The van der Waals surface area contributed by atoms with Crippen LogP contribution in [0.5, 0.6) is 0 Å². The third kappa shape index (κ3) is 5.93. The second kappa shape index (κ2) is 10.2. The van der Waals surface area contributed by atoms with Gasteiger partial charge in [-0.25, -0.2) is 17.5 Å². The second-order valence-electron chi connectivity index (χ2n) is 8.11. The standard InChI is InChI=1S/C20H31N3O6S/c1-13(2)11-16(22-20(26)27)19(25)23(17-10-9-14(3)21-12-18(17)24)30(28,29)15-7-5-4-6-8-15/h4-8,13-14,16-18,21-22,24H,9-12H2,1-3H3,(H,26,27)/t14-,16-,17+,18+/m0/s1. The van der Waals surface area contributed by atoms with E-state index in [2.05, 4.69) is 10.6 Å². The number of nitrogens with one attached hydrogen (secondary N) is 2. The Morgan fingerprint density at radius 3 is 2.43 bits per heavy atom. The lowest BCUT2D eigenvalue weighted by molar-refractivity contribution is -0.132. The van der Waals surface area contributed by atoms with Gasteiger partial charge in [-0.1, -0.05) is 32.0 Å². The molecule has 0 spiro atoms. The van der Waals surface area contributed by atoms with Gasteiger partial charge in [0.1, 0.15) is 6.04 Å². The van der Waals surface area contributed by atoms with E-state index >= 15 is 0 Å². The number of carbonyl (C=O) groups is 2. The molecule has 1 aromatic carbocycles. The molecule has 0 saturated carbocycles. The number of amides is 2. The Balaban J connectivity index is 2.54. The van der Waals surface area contributed by atoms with Crippen molar-refractivity contribution in [3.8, 4) is 0 Å². The predicted octanol–water partition coefficient (Wildman–Crippen LogP) is 1.39. The summed E-state index contributed by atoms with van der Waals surface area (Å²) in [6.45, 7) is 5.67. The van der Waals surface area contributed by atoms with Gasteiger partial charge in [-0.2, -0.15) is 0 Å². The van der Waals surface area contributed by atoms with Gasteiger partial charge in [0.25, 0.3) is 15.9 Å². The first-order chi connectivity index (χ1) is 14.0. The fraction of sp³-hybridized carbons (Fsp3) is 0.600. The van der Waals surface area contributed by atoms with E-state index in [1.807, 2.05) is 20.8 Å². The van der Waals surface area contributed by atoms with Crippen molar-refractivity contribution in [2.75, 3.05) is 6.54 Å². The van der Waals surface area contributed by atoms with Gasteiger partial charge in [0.15, 0.2) is 0 Å². The third-order valence-corrected chi connectivity index (χ3v) is 6.97. The normalized spacial score (nSPS) is 23.4. The van der Waals surface area contributed by atoms with Crippen molar-refractivity contribution in [3.05, 3.63) is 30.3 Å². The molecule has 168 valence electrons. The average Bonchev–Trinajstić information content (AvgIpc) is 2.83. The van der Waals surface area contributed by atoms with Crippen LogP contribution in [0, 0.1) is 5.92 Å². The molecule has 10 heteroatoms. The lowest BCUT2D eigenvalue weighted by atomic mass is 10.0.